The van der Waals surface area contributed by atoms with E-state index in [1.54, 1.807) is 6.92 Å². The molecule has 0 unspecified atom stereocenters. The fourth-order valence-corrected chi connectivity index (χ4v) is 4.52. The van der Waals surface area contributed by atoms with E-state index in [0.29, 0.717) is 19.8 Å². The third kappa shape index (κ3) is 6.30. The number of hydrogen-bond donors (Lipinski definition) is 1. The molecule has 1 atom stereocenters. The SMILES string of the molecule is CC[C@@H](C(=O)NCCCN1CCOCC1)N(c1ccc(F)c(Cl)c1)S(C)(=O)=O. The standard InChI is InChI=1S/C18H27ClFN3O4S/c1-3-17(18(24)21-7-4-8-22-9-11-27-12-10-22)23(28(2,25)26)14-5-6-16(20)15(19)13-14/h5-6,13,17H,3-4,7-12H2,1-2H3,(H,21,24)/t17-/m0/s1. The molecule has 1 heterocycles. The van der Waals surface area contributed by atoms with E-state index in [1.807, 2.05) is 0 Å². The van der Waals surface area contributed by atoms with Crippen molar-refractivity contribution in [2.24, 2.45) is 0 Å². The van der Waals surface area contributed by atoms with E-state index in [9.17, 15) is 17.6 Å². The molecule has 2 rings (SSSR count). The Hall–Kier alpha value is -1.42. The zero-order chi connectivity index (χ0) is 20.7. The van der Waals surface area contributed by atoms with Crippen molar-refractivity contribution < 1.29 is 22.3 Å². The first-order valence-electron chi connectivity index (χ1n) is 9.26. The van der Waals surface area contributed by atoms with Crippen LogP contribution in [0.2, 0.25) is 5.02 Å². The van der Waals surface area contributed by atoms with Gasteiger partial charge in [-0.1, -0.05) is 18.5 Å². The van der Waals surface area contributed by atoms with Crippen molar-refractivity contribution >= 4 is 33.2 Å². The summed E-state index contributed by atoms with van der Waals surface area (Å²) in [6.45, 7) is 6.18. The van der Waals surface area contributed by atoms with Crippen molar-refractivity contribution in [3.05, 3.63) is 29.0 Å². The number of carbonyl (C=O) groups excluding carboxylic acids is 1. The minimum atomic E-state index is -3.78. The van der Waals surface area contributed by atoms with Crippen LogP contribution in [0.4, 0.5) is 10.1 Å². The molecule has 1 fully saturated rings. The van der Waals surface area contributed by atoms with Crippen LogP contribution in [-0.4, -0.2) is 70.9 Å². The van der Waals surface area contributed by atoms with Crippen LogP contribution < -0.4 is 9.62 Å². The molecule has 1 aromatic rings. The molecule has 7 nitrogen and oxygen atoms in total. The van der Waals surface area contributed by atoms with E-state index >= 15 is 0 Å². The maximum atomic E-state index is 13.5. The minimum absolute atomic E-state index is 0.157. The Morgan fingerprint density at radius 1 is 1.39 bits per heavy atom. The van der Waals surface area contributed by atoms with E-state index in [0.717, 1.165) is 42.7 Å². The molecule has 158 valence electrons. The molecule has 0 aromatic heterocycles. The predicted molar refractivity (Wildman–Crippen MR) is 108 cm³/mol. The predicted octanol–water partition coefficient (Wildman–Crippen LogP) is 1.86. The second kappa shape index (κ2) is 10.4. The highest BCUT2D eigenvalue weighted by atomic mass is 35.5. The van der Waals surface area contributed by atoms with E-state index < -0.39 is 27.8 Å². The van der Waals surface area contributed by atoms with E-state index in [-0.39, 0.29) is 17.1 Å². The average molecular weight is 436 g/mol. The summed E-state index contributed by atoms with van der Waals surface area (Å²) < 4.78 is 44.5. The van der Waals surface area contributed by atoms with Gasteiger partial charge in [-0.3, -0.25) is 14.0 Å². The van der Waals surface area contributed by atoms with E-state index in [2.05, 4.69) is 10.2 Å². The molecular weight excluding hydrogens is 409 g/mol. The van der Waals surface area contributed by atoms with Crippen LogP contribution in [0.15, 0.2) is 18.2 Å². The van der Waals surface area contributed by atoms with Gasteiger partial charge in [0.15, 0.2) is 0 Å². The molecule has 1 N–H and O–H groups in total. The zero-order valence-corrected chi connectivity index (χ0v) is 17.7. The molecule has 0 spiro atoms. The summed E-state index contributed by atoms with van der Waals surface area (Å²) >= 11 is 5.80. The fourth-order valence-electron chi connectivity index (χ4n) is 3.14. The second-order valence-electron chi connectivity index (χ2n) is 6.68. The van der Waals surface area contributed by atoms with Gasteiger partial charge in [0.2, 0.25) is 15.9 Å². The van der Waals surface area contributed by atoms with Gasteiger partial charge in [0, 0.05) is 19.6 Å². The maximum Gasteiger partial charge on any atom is 0.243 e. The average Bonchev–Trinajstić information content (AvgIpc) is 2.65. The number of halogens is 2. The molecule has 1 saturated heterocycles. The molecule has 0 bridgehead atoms. The highest BCUT2D eigenvalue weighted by Crippen LogP contribution is 2.27. The quantitative estimate of drug-likeness (QED) is 0.599. The van der Waals surface area contributed by atoms with Gasteiger partial charge in [0.25, 0.3) is 0 Å². The van der Waals surface area contributed by atoms with Crippen molar-refractivity contribution in [3.63, 3.8) is 0 Å². The van der Waals surface area contributed by atoms with Crippen molar-refractivity contribution in [2.45, 2.75) is 25.8 Å². The minimum Gasteiger partial charge on any atom is -0.379 e. The lowest BCUT2D eigenvalue weighted by molar-refractivity contribution is -0.122. The van der Waals surface area contributed by atoms with Gasteiger partial charge in [0.1, 0.15) is 11.9 Å². The van der Waals surface area contributed by atoms with Crippen LogP contribution >= 0.6 is 11.6 Å². The van der Waals surface area contributed by atoms with Gasteiger partial charge in [-0.2, -0.15) is 0 Å². The summed E-state index contributed by atoms with van der Waals surface area (Å²) in [5, 5.41) is 2.61. The number of benzene rings is 1. The van der Waals surface area contributed by atoms with Crippen LogP contribution in [0.1, 0.15) is 19.8 Å². The Morgan fingerprint density at radius 3 is 2.64 bits per heavy atom. The second-order valence-corrected chi connectivity index (χ2v) is 8.95. The topological polar surface area (TPSA) is 79.0 Å². The third-order valence-corrected chi connectivity index (χ3v) is 6.01. The monoisotopic (exact) mass is 435 g/mol. The number of carbonyl (C=O) groups is 1. The molecule has 1 aromatic carbocycles. The Labute approximate surface area is 170 Å². The molecule has 1 amide bonds. The number of sulfonamides is 1. The molecule has 0 radical (unpaired) electrons. The molecule has 0 aliphatic carbocycles. The van der Waals surface area contributed by atoms with Crippen LogP contribution in [-0.2, 0) is 19.6 Å². The number of rotatable bonds is 9. The van der Waals surface area contributed by atoms with Gasteiger partial charge in [-0.05, 0) is 37.6 Å². The van der Waals surface area contributed by atoms with Gasteiger partial charge in [-0.25, -0.2) is 12.8 Å². The first kappa shape index (κ1) is 22.9. The van der Waals surface area contributed by atoms with Gasteiger partial charge >= 0.3 is 0 Å². The number of nitrogens with one attached hydrogen (secondary N) is 1. The van der Waals surface area contributed by atoms with Crippen molar-refractivity contribution in [1.82, 2.24) is 10.2 Å². The van der Waals surface area contributed by atoms with Gasteiger partial charge < -0.3 is 10.1 Å². The molecule has 0 saturated carbocycles. The zero-order valence-electron chi connectivity index (χ0n) is 16.2. The highest BCUT2D eigenvalue weighted by molar-refractivity contribution is 7.92. The lowest BCUT2D eigenvalue weighted by atomic mass is 10.2. The molecular formula is C18H27ClFN3O4S. The lowest BCUT2D eigenvalue weighted by Gasteiger charge is -2.30. The van der Waals surface area contributed by atoms with Crippen LogP contribution in [0, 0.1) is 5.82 Å². The fraction of sp³-hybridized carbons (Fsp3) is 0.611. The van der Waals surface area contributed by atoms with Crippen molar-refractivity contribution in [3.8, 4) is 0 Å². The number of ether oxygens (including phenoxy) is 1. The van der Waals surface area contributed by atoms with E-state index in [4.69, 9.17) is 16.3 Å². The van der Waals surface area contributed by atoms with Crippen LogP contribution in [0.25, 0.3) is 0 Å². The summed E-state index contributed by atoms with van der Waals surface area (Å²) in [5.74, 6) is -1.05. The number of nitrogens with zero attached hydrogens (tertiary/aromatic N) is 2. The first-order valence-corrected chi connectivity index (χ1v) is 11.5. The van der Waals surface area contributed by atoms with Crippen molar-refractivity contribution in [2.75, 3.05) is 50.0 Å². The Balaban J connectivity index is 2.03. The highest BCUT2D eigenvalue weighted by Gasteiger charge is 2.31. The maximum absolute atomic E-state index is 13.5. The molecule has 1 aliphatic rings. The van der Waals surface area contributed by atoms with Crippen molar-refractivity contribution in [1.29, 1.82) is 0 Å². The number of amides is 1. The molecule has 10 heteroatoms. The summed E-state index contributed by atoms with van der Waals surface area (Å²) in [5.41, 5.74) is 0.157. The lowest BCUT2D eigenvalue weighted by Crippen LogP contribution is -2.49. The van der Waals surface area contributed by atoms with Crippen LogP contribution in [0.3, 0.4) is 0 Å². The Bertz CT molecular complexity index is 772. The van der Waals surface area contributed by atoms with E-state index in [1.165, 1.54) is 12.1 Å². The summed E-state index contributed by atoms with van der Waals surface area (Å²) in [4.78, 5) is 14.9. The normalized spacial score (nSPS) is 16.6. The van der Waals surface area contributed by atoms with Crippen LogP contribution in [0.5, 0.6) is 0 Å². The summed E-state index contributed by atoms with van der Waals surface area (Å²) in [6.07, 6.45) is 2.03. The largest absolute Gasteiger partial charge is 0.379 e. The van der Waals surface area contributed by atoms with Gasteiger partial charge in [-0.15, -0.1) is 0 Å². The Kier molecular flexibility index (Phi) is 8.48. The number of morpholine rings is 1. The Morgan fingerprint density at radius 2 is 2.07 bits per heavy atom. The third-order valence-electron chi connectivity index (χ3n) is 4.54. The number of anilines is 1. The number of hydrogen-bond acceptors (Lipinski definition) is 5. The summed E-state index contributed by atoms with van der Waals surface area (Å²) in [7, 11) is -3.78. The summed E-state index contributed by atoms with van der Waals surface area (Å²) in [6, 6.07) is 2.66. The smallest absolute Gasteiger partial charge is 0.243 e. The first-order chi connectivity index (χ1) is 13.2. The molecule has 28 heavy (non-hydrogen) atoms. The van der Waals surface area contributed by atoms with Gasteiger partial charge in [0.05, 0.1) is 30.2 Å². The molecule has 1 aliphatic heterocycles.